The van der Waals surface area contributed by atoms with Crippen LogP contribution >= 0.6 is 0 Å². The lowest BCUT2D eigenvalue weighted by atomic mass is 9.95. The molecule has 110 valence electrons. The van der Waals surface area contributed by atoms with E-state index in [4.69, 9.17) is 0 Å². The van der Waals surface area contributed by atoms with Gasteiger partial charge < -0.3 is 0 Å². The van der Waals surface area contributed by atoms with E-state index in [1.54, 1.807) is 12.1 Å². The van der Waals surface area contributed by atoms with E-state index < -0.39 is 11.6 Å². The number of carbonyl (C=O) groups is 1. The Balaban J connectivity index is 2.17. The highest BCUT2D eigenvalue weighted by Crippen LogP contribution is 2.20. The molecule has 0 amide bonds. The van der Waals surface area contributed by atoms with Crippen LogP contribution in [0.15, 0.2) is 42.5 Å². The molecule has 1 nitrogen and oxygen atoms in total. The Bertz CT molecular complexity index is 612. The van der Waals surface area contributed by atoms with Gasteiger partial charge in [-0.3, -0.25) is 4.79 Å². The molecule has 0 saturated carbocycles. The molecule has 0 radical (unpaired) electrons. The van der Waals surface area contributed by atoms with E-state index >= 15 is 0 Å². The summed E-state index contributed by atoms with van der Waals surface area (Å²) in [6.45, 7) is 4.22. The smallest absolute Gasteiger partial charge is 0.167 e. The summed E-state index contributed by atoms with van der Waals surface area (Å²) >= 11 is 0. The first-order valence-corrected chi connectivity index (χ1v) is 7.09. The Kier molecular flexibility index (Phi) is 4.84. The van der Waals surface area contributed by atoms with Gasteiger partial charge in [-0.05, 0) is 30.0 Å². The Morgan fingerprint density at radius 2 is 1.62 bits per heavy atom. The molecule has 2 aromatic rings. The Morgan fingerprint density at radius 1 is 1.05 bits per heavy atom. The van der Waals surface area contributed by atoms with Gasteiger partial charge in [0.15, 0.2) is 5.78 Å². The molecule has 0 saturated heterocycles. The summed E-state index contributed by atoms with van der Waals surface area (Å²) in [6, 6.07) is 10.9. The summed E-state index contributed by atoms with van der Waals surface area (Å²) in [6.07, 6.45) is 0.759. The van der Waals surface area contributed by atoms with Crippen molar-refractivity contribution >= 4 is 5.78 Å². The van der Waals surface area contributed by atoms with Crippen molar-refractivity contribution in [2.24, 2.45) is 0 Å². The fourth-order valence-electron chi connectivity index (χ4n) is 2.20. The zero-order valence-corrected chi connectivity index (χ0v) is 12.2. The van der Waals surface area contributed by atoms with E-state index in [0.717, 1.165) is 24.1 Å². The van der Waals surface area contributed by atoms with Crippen LogP contribution in [0, 0.1) is 11.6 Å². The summed E-state index contributed by atoms with van der Waals surface area (Å²) in [5, 5.41) is 0. The molecule has 2 rings (SSSR count). The number of rotatable bonds is 5. The molecule has 3 heteroatoms. The Labute approximate surface area is 123 Å². The lowest BCUT2D eigenvalue weighted by Crippen LogP contribution is -2.07. The molecule has 0 bridgehead atoms. The van der Waals surface area contributed by atoms with Crippen molar-refractivity contribution in [1.29, 1.82) is 0 Å². The monoisotopic (exact) mass is 288 g/mol. The van der Waals surface area contributed by atoms with Crippen LogP contribution in [-0.2, 0) is 6.42 Å². The van der Waals surface area contributed by atoms with Crippen LogP contribution in [0.5, 0.6) is 0 Å². The maximum atomic E-state index is 13.6. The number of ketones is 1. The van der Waals surface area contributed by atoms with E-state index in [0.29, 0.717) is 11.5 Å². The first-order valence-electron chi connectivity index (χ1n) is 7.09. The lowest BCUT2D eigenvalue weighted by molar-refractivity contribution is 0.0990. The molecular formula is C18H18F2O. The molecule has 0 heterocycles. The van der Waals surface area contributed by atoms with Crippen LogP contribution in [0.2, 0.25) is 0 Å². The third kappa shape index (κ3) is 3.54. The maximum Gasteiger partial charge on any atom is 0.167 e. The topological polar surface area (TPSA) is 17.1 Å². The molecule has 0 aromatic heterocycles. The highest BCUT2D eigenvalue weighted by atomic mass is 19.1. The predicted molar refractivity (Wildman–Crippen MR) is 79.5 cm³/mol. The summed E-state index contributed by atoms with van der Waals surface area (Å²) in [7, 11) is 0. The van der Waals surface area contributed by atoms with Crippen LogP contribution in [0.25, 0.3) is 0 Å². The molecule has 2 aromatic carbocycles. The second-order valence-electron chi connectivity index (χ2n) is 5.23. The van der Waals surface area contributed by atoms with Gasteiger partial charge in [0.25, 0.3) is 0 Å². The molecule has 0 aliphatic heterocycles. The van der Waals surface area contributed by atoms with E-state index in [1.807, 2.05) is 12.1 Å². The van der Waals surface area contributed by atoms with E-state index in [9.17, 15) is 13.6 Å². The quantitative estimate of drug-likeness (QED) is 0.715. The fraction of sp³-hybridized carbons (Fsp3) is 0.278. The van der Waals surface area contributed by atoms with Gasteiger partial charge in [0.1, 0.15) is 11.6 Å². The van der Waals surface area contributed by atoms with Crippen molar-refractivity contribution in [3.8, 4) is 0 Å². The number of halogens is 2. The van der Waals surface area contributed by atoms with Crippen molar-refractivity contribution in [3.63, 3.8) is 0 Å². The summed E-state index contributed by atoms with van der Waals surface area (Å²) in [5.41, 5.74) is 1.46. The summed E-state index contributed by atoms with van der Waals surface area (Å²) < 4.78 is 27.1. The molecule has 0 fully saturated rings. The van der Waals surface area contributed by atoms with Gasteiger partial charge in [0.2, 0.25) is 0 Å². The van der Waals surface area contributed by atoms with Crippen LogP contribution < -0.4 is 0 Å². The molecule has 0 aliphatic rings. The van der Waals surface area contributed by atoms with Gasteiger partial charge in [0, 0.05) is 17.5 Å². The lowest BCUT2D eigenvalue weighted by Gasteiger charge is -2.09. The van der Waals surface area contributed by atoms with Crippen LogP contribution in [0.3, 0.4) is 0 Å². The molecule has 1 atom stereocenters. The van der Waals surface area contributed by atoms with E-state index in [2.05, 4.69) is 13.8 Å². The second-order valence-corrected chi connectivity index (χ2v) is 5.23. The van der Waals surface area contributed by atoms with Crippen LogP contribution in [0.4, 0.5) is 8.78 Å². The van der Waals surface area contributed by atoms with Crippen molar-refractivity contribution in [1.82, 2.24) is 0 Å². The van der Waals surface area contributed by atoms with E-state index in [1.165, 1.54) is 6.07 Å². The first-order chi connectivity index (χ1) is 10.0. The van der Waals surface area contributed by atoms with Gasteiger partial charge in [0.05, 0.1) is 0 Å². The van der Waals surface area contributed by atoms with Gasteiger partial charge in [-0.1, -0.05) is 44.2 Å². The number of hydrogen-bond acceptors (Lipinski definition) is 1. The third-order valence-corrected chi connectivity index (χ3v) is 3.81. The molecule has 1 unspecified atom stereocenters. The summed E-state index contributed by atoms with van der Waals surface area (Å²) in [4.78, 5) is 12.1. The standard InChI is InChI=1S/C18H18F2O/c1-3-12(2)13-7-9-14(10-8-13)18(21)11-15-16(19)5-4-6-17(15)20/h4-10,12H,3,11H2,1-2H3. The largest absolute Gasteiger partial charge is 0.294 e. The molecule has 0 aliphatic carbocycles. The first kappa shape index (κ1) is 15.4. The third-order valence-electron chi connectivity index (χ3n) is 3.81. The minimum absolute atomic E-state index is 0.173. The highest BCUT2D eigenvalue weighted by molar-refractivity contribution is 5.97. The summed E-state index contributed by atoms with van der Waals surface area (Å²) in [5.74, 6) is -1.22. The van der Waals surface area contributed by atoms with Crippen LogP contribution in [0.1, 0.15) is 47.7 Å². The van der Waals surface area contributed by atoms with Crippen molar-refractivity contribution in [2.45, 2.75) is 32.6 Å². The normalized spacial score (nSPS) is 12.2. The molecule has 21 heavy (non-hydrogen) atoms. The fourth-order valence-corrected chi connectivity index (χ4v) is 2.20. The number of benzene rings is 2. The van der Waals surface area contributed by atoms with Gasteiger partial charge in [-0.25, -0.2) is 8.78 Å². The van der Waals surface area contributed by atoms with Crippen LogP contribution in [-0.4, -0.2) is 5.78 Å². The zero-order valence-electron chi connectivity index (χ0n) is 12.2. The zero-order chi connectivity index (χ0) is 15.4. The van der Waals surface area contributed by atoms with Crippen molar-refractivity contribution in [3.05, 3.63) is 70.8 Å². The number of carbonyl (C=O) groups excluding carboxylic acids is 1. The van der Waals surface area contributed by atoms with Gasteiger partial charge in [-0.15, -0.1) is 0 Å². The van der Waals surface area contributed by atoms with E-state index in [-0.39, 0.29) is 17.8 Å². The molecule has 0 spiro atoms. The number of hydrogen-bond donors (Lipinski definition) is 0. The van der Waals surface area contributed by atoms with Crippen molar-refractivity contribution < 1.29 is 13.6 Å². The van der Waals surface area contributed by atoms with Gasteiger partial charge >= 0.3 is 0 Å². The Hall–Kier alpha value is -2.03. The second kappa shape index (κ2) is 6.61. The SMILES string of the molecule is CCC(C)c1ccc(C(=O)Cc2c(F)cccc2F)cc1. The molecular weight excluding hydrogens is 270 g/mol. The number of Topliss-reactive ketones (excluding diaryl/α,β-unsaturated/α-hetero) is 1. The maximum absolute atomic E-state index is 13.6. The average Bonchev–Trinajstić information content (AvgIpc) is 2.50. The minimum Gasteiger partial charge on any atom is -0.294 e. The molecule has 0 N–H and O–H groups in total. The predicted octanol–water partition coefficient (Wildman–Crippen LogP) is 4.90. The minimum atomic E-state index is -0.681. The Morgan fingerprint density at radius 3 is 2.14 bits per heavy atom. The highest BCUT2D eigenvalue weighted by Gasteiger charge is 2.14. The van der Waals surface area contributed by atoms with Gasteiger partial charge in [-0.2, -0.15) is 0 Å². The average molecular weight is 288 g/mol. The van der Waals surface area contributed by atoms with Crippen molar-refractivity contribution in [2.75, 3.05) is 0 Å².